The molecule has 0 spiro atoms. The molecule has 1 aromatic rings. The number of nitrogens with zero attached hydrogens (tertiary/aromatic N) is 2. The van der Waals surface area contributed by atoms with Crippen LogP contribution in [0.25, 0.3) is 0 Å². The van der Waals surface area contributed by atoms with Crippen LogP contribution in [0.5, 0.6) is 0 Å². The first-order valence-corrected chi connectivity index (χ1v) is 4.84. The number of rotatable bonds is 2. The largest absolute Gasteiger partial charge is 0.258 e. The van der Waals surface area contributed by atoms with E-state index in [9.17, 15) is 0 Å². The Labute approximate surface area is 71.5 Å². The SMILES string of the molecule is CSC(C)c1cnc(C)cn1. The van der Waals surface area contributed by atoms with Gasteiger partial charge in [0.2, 0.25) is 0 Å². The Bertz CT molecular complexity index is 220. The molecule has 0 saturated heterocycles. The van der Waals surface area contributed by atoms with E-state index in [1.807, 2.05) is 19.3 Å². The van der Waals surface area contributed by atoms with E-state index < -0.39 is 0 Å². The maximum Gasteiger partial charge on any atom is 0.0713 e. The van der Waals surface area contributed by atoms with Crippen LogP contribution in [-0.4, -0.2) is 16.2 Å². The molecule has 0 bridgehead atoms. The number of hydrogen-bond acceptors (Lipinski definition) is 3. The highest BCUT2D eigenvalue weighted by molar-refractivity contribution is 7.98. The molecule has 2 nitrogen and oxygen atoms in total. The third-order valence-corrected chi connectivity index (χ3v) is 2.52. The van der Waals surface area contributed by atoms with Crippen molar-refractivity contribution < 1.29 is 0 Å². The van der Waals surface area contributed by atoms with Gasteiger partial charge in [-0.25, -0.2) is 0 Å². The Morgan fingerprint density at radius 3 is 2.55 bits per heavy atom. The van der Waals surface area contributed by atoms with Gasteiger partial charge in [-0.15, -0.1) is 0 Å². The molecule has 11 heavy (non-hydrogen) atoms. The summed E-state index contributed by atoms with van der Waals surface area (Å²) in [5.41, 5.74) is 2.03. The number of thioether (sulfide) groups is 1. The maximum absolute atomic E-state index is 4.27. The summed E-state index contributed by atoms with van der Waals surface area (Å²) < 4.78 is 0. The van der Waals surface area contributed by atoms with Crippen molar-refractivity contribution in [2.24, 2.45) is 0 Å². The van der Waals surface area contributed by atoms with Crippen LogP contribution in [0.1, 0.15) is 23.6 Å². The van der Waals surface area contributed by atoms with E-state index in [0.29, 0.717) is 5.25 Å². The Kier molecular flexibility index (Phi) is 2.88. The summed E-state index contributed by atoms with van der Waals surface area (Å²) >= 11 is 1.78. The lowest BCUT2D eigenvalue weighted by Gasteiger charge is -2.05. The Hall–Kier alpha value is -0.570. The standard InChI is InChI=1S/C8H12N2S/c1-6-4-10-8(5-9-6)7(2)11-3/h4-5,7H,1-3H3. The quantitative estimate of drug-likeness (QED) is 0.677. The monoisotopic (exact) mass is 168 g/mol. The van der Waals surface area contributed by atoms with Crippen LogP contribution >= 0.6 is 11.8 Å². The second-order valence-corrected chi connectivity index (χ2v) is 3.64. The van der Waals surface area contributed by atoms with E-state index in [1.165, 1.54) is 0 Å². The van der Waals surface area contributed by atoms with Crippen molar-refractivity contribution in [3.05, 3.63) is 23.8 Å². The molecule has 1 rings (SSSR count). The lowest BCUT2D eigenvalue weighted by Crippen LogP contribution is -1.94. The van der Waals surface area contributed by atoms with Crippen LogP contribution in [0.3, 0.4) is 0 Å². The van der Waals surface area contributed by atoms with Crippen molar-refractivity contribution in [1.82, 2.24) is 9.97 Å². The van der Waals surface area contributed by atoms with Crippen LogP contribution in [-0.2, 0) is 0 Å². The van der Waals surface area contributed by atoms with E-state index >= 15 is 0 Å². The second-order valence-electron chi connectivity index (χ2n) is 2.46. The van der Waals surface area contributed by atoms with E-state index in [2.05, 4.69) is 23.1 Å². The zero-order valence-corrected chi connectivity index (χ0v) is 7.85. The zero-order chi connectivity index (χ0) is 8.27. The van der Waals surface area contributed by atoms with Gasteiger partial charge in [0, 0.05) is 17.6 Å². The number of hydrogen-bond donors (Lipinski definition) is 0. The van der Waals surface area contributed by atoms with Crippen LogP contribution in [0.2, 0.25) is 0 Å². The molecule has 0 aliphatic heterocycles. The first kappa shape index (κ1) is 8.53. The molecule has 1 unspecified atom stereocenters. The molecule has 0 aliphatic rings. The molecule has 3 heteroatoms. The van der Waals surface area contributed by atoms with E-state index in [0.717, 1.165) is 11.4 Å². The van der Waals surface area contributed by atoms with Gasteiger partial charge in [-0.3, -0.25) is 9.97 Å². The normalized spacial score (nSPS) is 13.0. The van der Waals surface area contributed by atoms with Crippen LogP contribution < -0.4 is 0 Å². The summed E-state index contributed by atoms with van der Waals surface area (Å²) in [7, 11) is 0. The molecular formula is C8H12N2S. The van der Waals surface area contributed by atoms with Crippen molar-refractivity contribution in [2.45, 2.75) is 19.1 Å². The van der Waals surface area contributed by atoms with Crippen LogP contribution in [0.4, 0.5) is 0 Å². The lowest BCUT2D eigenvalue weighted by atomic mass is 10.3. The third kappa shape index (κ3) is 2.19. The van der Waals surface area contributed by atoms with Crippen molar-refractivity contribution in [3.8, 4) is 0 Å². The highest BCUT2D eigenvalue weighted by Gasteiger charge is 2.03. The predicted octanol–water partition coefficient (Wildman–Crippen LogP) is 2.21. The summed E-state index contributed by atoms with van der Waals surface area (Å²) in [6.45, 7) is 4.07. The van der Waals surface area contributed by atoms with Crippen molar-refractivity contribution in [3.63, 3.8) is 0 Å². The first-order valence-electron chi connectivity index (χ1n) is 3.55. The fraction of sp³-hybridized carbons (Fsp3) is 0.500. The highest BCUT2D eigenvalue weighted by atomic mass is 32.2. The molecule has 1 aromatic heterocycles. The van der Waals surface area contributed by atoms with E-state index in [4.69, 9.17) is 0 Å². The molecule has 0 amide bonds. The van der Waals surface area contributed by atoms with Gasteiger partial charge in [-0.1, -0.05) is 0 Å². The average Bonchev–Trinajstić information content (AvgIpc) is 2.05. The minimum absolute atomic E-state index is 0.447. The van der Waals surface area contributed by atoms with Crippen molar-refractivity contribution in [2.75, 3.05) is 6.26 Å². The van der Waals surface area contributed by atoms with Gasteiger partial charge in [0.05, 0.1) is 11.4 Å². The maximum atomic E-state index is 4.27. The number of aryl methyl sites for hydroxylation is 1. The molecule has 60 valence electrons. The summed E-state index contributed by atoms with van der Waals surface area (Å²) in [5, 5.41) is 0.447. The van der Waals surface area contributed by atoms with E-state index in [1.54, 1.807) is 11.8 Å². The minimum atomic E-state index is 0.447. The predicted molar refractivity (Wildman–Crippen MR) is 48.7 cm³/mol. The third-order valence-electron chi connectivity index (χ3n) is 1.57. The Morgan fingerprint density at radius 1 is 1.36 bits per heavy atom. The van der Waals surface area contributed by atoms with Gasteiger partial charge in [-0.05, 0) is 20.1 Å². The molecule has 0 radical (unpaired) electrons. The minimum Gasteiger partial charge on any atom is -0.258 e. The summed E-state index contributed by atoms with van der Waals surface area (Å²) in [4.78, 5) is 8.44. The van der Waals surface area contributed by atoms with Crippen LogP contribution in [0.15, 0.2) is 12.4 Å². The summed E-state index contributed by atoms with van der Waals surface area (Å²) in [6, 6.07) is 0. The lowest BCUT2D eigenvalue weighted by molar-refractivity contribution is 0.960. The first-order chi connectivity index (χ1) is 5.24. The summed E-state index contributed by atoms with van der Waals surface area (Å²) in [6.07, 6.45) is 5.73. The van der Waals surface area contributed by atoms with E-state index in [-0.39, 0.29) is 0 Å². The van der Waals surface area contributed by atoms with Gasteiger partial charge >= 0.3 is 0 Å². The average molecular weight is 168 g/mol. The Morgan fingerprint density at radius 2 is 2.09 bits per heavy atom. The molecule has 0 aromatic carbocycles. The number of aromatic nitrogens is 2. The smallest absolute Gasteiger partial charge is 0.0713 e. The molecule has 0 saturated carbocycles. The Balaban J connectivity index is 2.81. The molecule has 0 N–H and O–H groups in total. The molecule has 0 aliphatic carbocycles. The molecule has 1 heterocycles. The molecular weight excluding hydrogens is 156 g/mol. The van der Waals surface area contributed by atoms with Crippen LogP contribution in [0, 0.1) is 6.92 Å². The molecule has 1 atom stereocenters. The fourth-order valence-corrected chi connectivity index (χ4v) is 1.10. The van der Waals surface area contributed by atoms with Gasteiger partial charge in [0.1, 0.15) is 0 Å². The fourth-order valence-electron chi connectivity index (χ4n) is 0.733. The second kappa shape index (κ2) is 3.72. The molecule has 0 fully saturated rings. The van der Waals surface area contributed by atoms with Gasteiger partial charge in [-0.2, -0.15) is 11.8 Å². The van der Waals surface area contributed by atoms with Gasteiger partial charge in [0.15, 0.2) is 0 Å². The van der Waals surface area contributed by atoms with Crippen molar-refractivity contribution >= 4 is 11.8 Å². The van der Waals surface area contributed by atoms with Gasteiger partial charge in [0.25, 0.3) is 0 Å². The zero-order valence-electron chi connectivity index (χ0n) is 7.03. The topological polar surface area (TPSA) is 25.8 Å². The van der Waals surface area contributed by atoms with Gasteiger partial charge < -0.3 is 0 Å². The highest BCUT2D eigenvalue weighted by Crippen LogP contribution is 2.22. The summed E-state index contributed by atoms with van der Waals surface area (Å²) in [5.74, 6) is 0. The van der Waals surface area contributed by atoms with Crippen molar-refractivity contribution in [1.29, 1.82) is 0 Å².